The number of rotatable bonds is 5. The number of halogens is 1. The zero-order chi connectivity index (χ0) is 32.5. The van der Waals surface area contributed by atoms with Crippen LogP contribution in [0.15, 0.2) is 59.5 Å². The van der Waals surface area contributed by atoms with Gasteiger partial charge in [0.15, 0.2) is 0 Å². The predicted octanol–water partition coefficient (Wildman–Crippen LogP) is 6.68. The largest absolute Gasteiger partial charge is 2.00 e. The van der Waals surface area contributed by atoms with Crippen LogP contribution < -0.4 is 20.9 Å². The van der Waals surface area contributed by atoms with E-state index in [0.717, 1.165) is 69.5 Å². The third kappa shape index (κ3) is 6.86. The van der Waals surface area contributed by atoms with Crippen molar-refractivity contribution in [3.05, 3.63) is 106 Å². The van der Waals surface area contributed by atoms with Crippen LogP contribution in [-0.4, -0.2) is 38.8 Å². The Kier molecular flexibility index (Phi) is 10.2. The average Bonchev–Trinajstić information content (AvgIpc) is 3.67. The number of fused-ring (bicyclic) bond motifs is 2. The van der Waals surface area contributed by atoms with E-state index in [-0.39, 0.29) is 34.6 Å². The van der Waals surface area contributed by atoms with Crippen molar-refractivity contribution in [3.63, 3.8) is 0 Å². The topological polar surface area (TPSA) is 111 Å². The summed E-state index contributed by atoms with van der Waals surface area (Å²) >= 11 is 7.07. The number of carbonyl (C=O) groups is 1. The van der Waals surface area contributed by atoms with Crippen LogP contribution in [0.5, 0.6) is 5.88 Å². The summed E-state index contributed by atoms with van der Waals surface area (Å²) < 4.78 is 6.91. The van der Waals surface area contributed by atoms with Gasteiger partial charge in [0.05, 0.1) is 23.7 Å². The van der Waals surface area contributed by atoms with E-state index in [4.69, 9.17) is 21.3 Å². The molecule has 1 saturated heterocycles. The summed E-state index contributed by atoms with van der Waals surface area (Å²) in [6, 6.07) is 16.1. The second-order valence-corrected chi connectivity index (χ2v) is 11.9. The van der Waals surface area contributed by atoms with E-state index in [2.05, 4.69) is 40.1 Å². The smallest absolute Gasteiger partial charge is 0.537 e. The van der Waals surface area contributed by atoms with Crippen molar-refractivity contribution in [3.8, 4) is 28.3 Å². The monoisotopic (exact) mass is 689 g/mol. The second-order valence-electron chi connectivity index (χ2n) is 11.6. The van der Waals surface area contributed by atoms with Crippen LogP contribution in [0.4, 0.5) is 11.5 Å². The van der Waals surface area contributed by atoms with Crippen molar-refractivity contribution in [1.82, 2.24) is 25.1 Å². The van der Waals surface area contributed by atoms with Gasteiger partial charge in [0.1, 0.15) is 11.7 Å². The molecule has 7 rings (SSSR count). The molecule has 4 heterocycles. The summed E-state index contributed by atoms with van der Waals surface area (Å²) in [4.78, 5) is 32.7. The zero-order valence-corrected chi connectivity index (χ0v) is 28.6. The van der Waals surface area contributed by atoms with Gasteiger partial charge in [-0.3, -0.25) is 14.6 Å². The molecule has 11 heteroatoms. The third-order valence-electron chi connectivity index (χ3n) is 8.36. The van der Waals surface area contributed by atoms with Crippen molar-refractivity contribution in [2.45, 2.75) is 45.6 Å². The number of hydrogen-bond acceptors (Lipinski definition) is 7. The van der Waals surface area contributed by atoms with Crippen LogP contribution in [0, 0.1) is 27.2 Å². The number of aryl methyl sites for hydroxylation is 3. The Morgan fingerprint density at radius 3 is 2.51 bits per heavy atom. The summed E-state index contributed by atoms with van der Waals surface area (Å²) in [5, 5.41) is 12.1. The maximum atomic E-state index is 12.9. The number of carbonyl (C=O) groups excluding carboxylic acids is 1. The number of nitrogens with zero attached hydrogens (tertiary/aromatic N) is 4. The molecule has 2 aromatic carbocycles. The molecular formula is C36H35ClMnN6O3. The fraction of sp³-hybridized carbons (Fsp3) is 0.250. The molecule has 47 heavy (non-hydrogen) atoms. The number of methoxy groups -OCH3 is 1. The van der Waals surface area contributed by atoms with Gasteiger partial charge in [-0.1, -0.05) is 73.3 Å². The molecule has 0 bridgehead atoms. The molecule has 1 radical (unpaired) electrons. The number of ether oxygens (including phenoxy) is 1. The van der Waals surface area contributed by atoms with Gasteiger partial charge < -0.3 is 22.3 Å². The van der Waals surface area contributed by atoms with Gasteiger partial charge in [0.2, 0.25) is 5.91 Å². The quantitative estimate of drug-likeness (QED) is 0.157. The molecule has 1 aliphatic carbocycles. The number of aromatic nitrogens is 4. The van der Waals surface area contributed by atoms with Gasteiger partial charge in [-0.05, 0) is 37.1 Å². The summed E-state index contributed by atoms with van der Waals surface area (Å²) in [7, 11) is 3.28. The minimum absolute atomic E-state index is 0. The average molecular weight is 690 g/mol. The first kappa shape index (κ1) is 34.0. The Morgan fingerprint density at radius 2 is 1.81 bits per heavy atom. The molecule has 2 aliphatic rings. The maximum absolute atomic E-state index is 12.9. The van der Waals surface area contributed by atoms with E-state index in [1.54, 1.807) is 20.4 Å². The first-order valence-corrected chi connectivity index (χ1v) is 15.6. The van der Waals surface area contributed by atoms with Gasteiger partial charge in [-0.15, -0.1) is 11.1 Å². The maximum Gasteiger partial charge on any atom is 2.00 e. The molecule has 241 valence electrons. The molecule has 1 fully saturated rings. The third-order valence-corrected chi connectivity index (χ3v) is 8.76. The number of benzene rings is 2. The van der Waals surface area contributed by atoms with Gasteiger partial charge in [-0.2, -0.15) is 11.5 Å². The van der Waals surface area contributed by atoms with Crippen molar-refractivity contribution in [2.24, 2.45) is 7.05 Å². The number of amides is 1. The summed E-state index contributed by atoms with van der Waals surface area (Å²) in [5.41, 5.74) is 8.20. The molecule has 5 aromatic rings. The van der Waals surface area contributed by atoms with E-state index >= 15 is 0 Å². The minimum atomic E-state index is -0.207. The Morgan fingerprint density at radius 1 is 1.06 bits per heavy atom. The minimum Gasteiger partial charge on any atom is -0.537 e. The summed E-state index contributed by atoms with van der Waals surface area (Å²) in [6.45, 7) is 7.59. The van der Waals surface area contributed by atoms with Crippen LogP contribution in [0.2, 0.25) is 5.02 Å². The Balaban J connectivity index is 0.000000482. The van der Waals surface area contributed by atoms with Crippen LogP contribution >= 0.6 is 11.6 Å². The Hall–Kier alpha value is -4.37. The zero-order valence-electron chi connectivity index (χ0n) is 26.7. The molecule has 0 spiro atoms. The molecule has 1 unspecified atom stereocenters. The van der Waals surface area contributed by atoms with Gasteiger partial charge in [-0.25, -0.2) is 9.67 Å². The molecule has 2 N–H and O–H groups in total. The fourth-order valence-electron chi connectivity index (χ4n) is 5.96. The molecule has 1 atom stereocenters. The van der Waals surface area contributed by atoms with Gasteiger partial charge in [0.25, 0.3) is 5.56 Å². The normalized spacial score (nSPS) is 14.8. The van der Waals surface area contributed by atoms with E-state index in [1.807, 2.05) is 56.3 Å². The van der Waals surface area contributed by atoms with Crippen molar-refractivity contribution in [2.75, 3.05) is 12.4 Å². The van der Waals surface area contributed by atoms with Gasteiger partial charge >= 0.3 is 17.1 Å². The Bertz CT molecular complexity index is 2050. The molecule has 1 amide bonds. The van der Waals surface area contributed by atoms with E-state index in [9.17, 15) is 9.59 Å². The van der Waals surface area contributed by atoms with E-state index < -0.39 is 0 Å². The van der Waals surface area contributed by atoms with Crippen LogP contribution in [0.3, 0.4) is 0 Å². The first-order valence-electron chi connectivity index (χ1n) is 15.2. The van der Waals surface area contributed by atoms with E-state index in [1.165, 1.54) is 10.2 Å². The van der Waals surface area contributed by atoms with Crippen molar-refractivity contribution in [1.29, 1.82) is 0 Å². The number of pyridine rings is 2. The van der Waals surface area contributed by atoms with Crippen molar-refractivity contribution >= 4 is 39.8 Å². The number of nitrogens with one attached hydrogen (secondary N) is 2. The molecule has 3 aromatic heterocycles. The van der Waals surface area contributed by atoms with Crippen LogP contribution in [-0.2, 0) is 35.3 Å². The number of hydrogen-bond donors (Lipinski definition) is 2. The summed E-state index contributed by atoms with van der Waals surface area (Å²) in [6.07, 6.45) is 7.37. The summed E-state index contributed by atoms with van der Waals surface area (Å²) in [5.74, 6) is 1.27. The van der Waals surface area contributed by atoms with Crippen molar-refractivity contribution < 1.29 is 26.6 Å². The SMILES string of the molecule is COc1nc(-c2cccc(-c3cccc(Nc4nc(C)cc5cnn(C)c(=O)c45)c3C)c2Cl)cc2c1[CH-]CC2.[CH2-]C1CCC(=O)N1.[Mn+2]. The standard InChI is InChI=1S/C31H27ClN5O2.C5H8NO.Mn/c1-17-14-20-16-33-37(3)31(38)27(20)29(34-17)35-25-13-7-9-21(18(25)2)23-11-6-12-24(28(23)32)26-15-19-8-5-10-22(19)30(36-26)39-4;1-4-2-3-5(7)6-4;/h6-7,9-16H,5,8H2,1-4H3,(H,34,35);4H,1-3H2,(H,6,7);/q2*-1;+2. The van der Waals surface area contributed by atoms with Crippen LogP contribution in [0.1, 0.15) is 41.6 Å². The molecule has 1 aliphatic heterocycles. The molecule has 9 nitrogen and oxygen atoms in total. The molecule has 0 saturated carbocycles. The van der Waals surface area contributed by atoms with Gasteiger partial charge in [0, 0.05) is 47.1 Å². The predicted molar refractivity (Wildman–Crippen MR) is 182 cm³/mol. The fourth-order valence-corrected chi connectivity index (χ4v) is 6.28. The molecular weight excluding hydrogens is 655 g/mol. The second kappa shape index (κ2) is 14.2. The van der Waals surface area contributed by atoms with Crippen LogP contribution in [0.25, 0.3) is 33.2 Å². The number of anilines is 2. The van der Waals surface area contributed by atoms with E-state index in [0.29, 0.717) is 28.5 Å². The Labute approximate surface area is 289 Å². The first-order chi connectivity index (χ1) is 22.1.